The van der Waals surface area contributed by atoms with E-state index < -0.39 is 0 Å². The summed E-state index contributed by atoms with van der Waals surface area (Å²) in [6.45, 7) is 4.76. The number of aromatic nitrogens is 2. The quantitative estimate of drug-likeness (QED) is 0.606. The lowest BCUT2D eigenvalue weighted by Gasteiger charge is -2.12. The molecule has 0 saturated heterocycles. The Kier molecular flexibility index (Phi) is 6.26. The molecule has 0 bridgehead atoms. The highest BCUT2D eigenvalue weighted by molar-refractivity contribution is 7.18. The summed E-state index contributed by atoms with van der Waals surface area (Å²) in [6, 6.07) is 12.4. The molecule has 3 rings (SSSR count). The summed E-state index contributed by atoms with van der Waals surface area (Å²) in [5.41, 5.74) is 1.22. The Balaban J connectivity index is 1.78. The van der Waals surface area contributed by atoms with Crippen LogP contribution in [0.2, 0.25) is 5.02 Å². The van der Waals surface area contributed by atoms with Gasteiger partial charge in [-0.25, -0.2) is 0 Å². The van der Waals surface area contributed by atoms with Crippen LogP contribution in [0.5, 0.6) is 11.5 Å². The Bertz CT molecular complexity index is 945. The van der Waals surface area contributed by atoms with Crippen molar-refractivity contribution in [1.29, 1.82) is 0 Å². The molecule has 0 unspecified atom stereocenters. The van der Waals surface area contributed by atoms with Gasteiger partial charge in [-0.05, 0) is 38.1 Å². The molecule has 8 heteroatoms. The second-order valence-electron chi connectivity index (χ2n) is 5.37. The van der Waals surface area contributed by atoms with E-state index in [4.69, 9.17) is 21.1 Å². The van der Waals surface area contributed by atoms with E-state index in [-0.39, 0.29) is 5.91 Å². The van der Waals surface area contributed by atoms with Gasteiger partial charge in [0.1, 0.15) is 0 Å². The van der Waals surface area contributed by atoms with Crippen LogP contribution in [-0.2, 0) is 0 Å². The largest absolute Gasteiger partial charge is 0.490 e. The van der Waals surface area contributed by atoms with Crippen molar-refractivity contribution in [2.75, 3.05) is 18.5 Å². The van der Waals surface area contributed by atoms with E-state index in [1.165, 1.54) is 11.3 Å². The number of nitrogens with zero attached hydrogens (tertiary/aromatic N) is 2. The lowest BCUT2D eigenvalue weighted by molar-refractivity contribution is 0.102. The second-order valence-corrected chi connectivity index (χ2v) is 6.76. The highest BCUT2D eigenvalue weighted by atomic mass is 35.5. The van der Waals surface area contributed by atoms with Crippen molar-refractivity contribution in [3.63, 3.8) is 0 Å². The van der Waals surface area contributed by atoms with Crippen LogP contribution in [0.15, 0.2) is 42.5 Å². The van der Waals surface area contributed by atoms with E-state index in [9.17, 15) is 4.79 Å². The Morgan fingerprint density at radius 2 is 1.81 bits per heavy atom. The van der Waals surface area contributed by atoms with E-state index in [2.05, 4.69) is 15.5 Å². The molecule has 0 aliphatic carbocycles. The van der Waals surface area contributed by atoms with Gasteiger partial charge in [-0.2, -0.15) is 0 Å². The zero-order valence-electron chi connectivity index (χ0n) is 14.9. The summed E-state index contributed by atoms with van der Waals surface area (Å²) in [7, 11) is 0. The Morgan fingerprint density at radius 3 is 2.56 bits per heavy atom. The minimum atomic E-state index is -0.305. The van der Waals surface area contributed by atoms with Crippen molar-refractivity contribution in [1.82, 2.24) is 10.2 Å². The number of nitrogens with one attached hydrogen (secondary N) is 1. The number of benzene rings is 2. The van der Waals surface area contributed by atoms with Crippen LogP contribution < -0.4 is 14.8 Å². The molecule has 0 fully saturated rings. The van der Waals surface area contributed by atoms with Crippen molar-refractivity contribution in [2.45, 2.75) is 13.8 Å². The number of hydrogen-bond donors (Lipinski definition) is 1. The maximum atomic E-state index is 12.6. The van der Waals surface area contributed by atoms with E-state index >= 15 is 0 Å². The third-order valence-electron chi connectivity index (χ3n) is 3.56. The highest BCUT2D eigenvalue weighted by Gasteiger charge is 2.15. The lowest BCUT2D eigenvalue weighted by atomic mass is 10.2. The molecular weight excluding hydrogens is 386 g/mol. The molecular formula is C19H18ClN3O3S. The van der Waals surface area contributed by atoms with Crippen LogP contribution in [0.4, 0.5) is 5.13 Å². The van der Waals surface area contributed by atoms with Crippen molar-refractivity contribution in [3.05, 3.63) is 53.1 Å². The molecule has 0 aliphatic rings. The first-order valence-electron chi connectivity index (χ1n) is 8.41. The summed E-state index contributed by atoms with van der Waals surface area (Å²) in [5.74, 6) is 0.828. The normalized spacial score (nSPS) is 10.5. The Labute approximate surface area is 166 Å². The van der Waals surface area contributed by atoms with Crippen LogP contribution in [0.3, 0.4) is 0 Å². The van der Waals surface area contributed by atoms with Crippen LogP contribution in [0, 0.1) is 0 Å². The molecule has 140 valence electrons. The Morgan fingerprint density at radius 1 is 1.07 bits per heavy atom. The molecule has 3 aromatic rings. The van der Waals surface area contributed by atoms with Gasteiger partial charge in [0.05, 0.1) is 18.2 Å². The number of carbonyl (C=O) groups excluding carboxylic acids is 1. The lowest BCUT2D eigenvalue weighted by Crippen LogP contribution is -2.12. The molecule has 0 saturated carbocycles. The minimum Gasteiger partial charge on any atom is -0.490 e. The fourth-order valence-electron chi connectivity index (χ4n) is 2.38. The standard InChI is InChI=1S/C19H18ClN3O3S/c1-3-25-15-10-9-12(11-16(15)26-4-2)17(24)21-19-23-22-18(27-19)13-7-5-6-8-14(13)20/h5-11H,3-4H2,1-2H3,(H,21,23,24). The number of carbonyl (C=O) groups is 1. The SMILES string of the molecule is CCOc1ccc(C(=O)Nc2nnc(-c3ccccc3Cl)s2)cc1OCC. The average molecular weight is 404 g/mol. The first-order chi connectivity index (χ1) is 13.1. The van der Waals surface area contributed by atoms with E-state index in [1.54, 1.807) is 24.3 Å². The van der Waals surface area contributed by atoms with Crippen molar-refractivity contribution in [3.8, 4) is 22.1 Å². The van der Waals surface area contributed by atoms with E-state index in [0.29, 0.717) is 45.4 Å². The maximum absolute atomic E-state index is 12.6. The van der Waals surface area contributed by atoms with Crippen LogP contribution in [-0.4, -0.2) is 29.3 Å². The molecule has 27 heavy (non-hydrogen) atoms. The third kappa shape index (κ3) is 4.56. The van der Waals surface area contributed by atoms with E-state index in [0.717, 1.165) is 5.56 Å². The average Bonchev–Trinajstić information content (AvgIpc) is 3.12. The molecule has 1 N–H and O–H groups in total. The van der Waals surface area contributed by atoms with E-state index in [1.807, 2.05) is 32.0 Å². The van der Waals surface area contributed by atoms with Gasteiger partial charge in [0.15, 0.2) is 16.5 Å². The monoisotopic (exact) mass is 403 g/mol. The van der Waals surface area contributed by atoms with Gasteiger partial charge in [-0.3, -0.25) is 10.1 Å². The summed E-state index contributed by atoms with van der Waals surface area (Å²) < 4.78 is 11.1. The Hall–Kier alpha value is -2.64. The molecule has 0 radical (unpaired) electrons. The molecule has 1 aromatic heterocycles. The zero-order chi connectivity index (χ0) is 19.2. The smallest absolute Gasteiger partial charge is 0.257 e. The van der Waals surface area contributed by atoms with Gasteiger partial charge < -0.3 is 9.47 Å². The molecule has 0 spiro atoms. The van der Waals surface area contributed by atoms with Crippen LogP contribution >= 0.6 is 22.9 Å². The zero-order valence-corrected chi connectivity index (χ0v) is 16.4. The van der Waals surface area contributed by atoms with Gasteiger partial charge in [0.2, 0.25) is 5.13 Å². The summed E-state index contributed by atoms with van der Waals surface area (Å²) in [5, 5.41) is 12.5. The molecule has 2 aromatic carbocycles. The van der Waals surface area contributed by atoms with Gasteiger partial charge >= 0.3 is 0 Å². The second kappa shape index (κ2) is 8.83. The number of hydrogen-bond acceptors (Lipinski definition) is 6. The number of amides is 1. The number of ether oxygens (including phenoxy) is 2. The molecule has 6 nitrogen and oxygen atoms in total. The third-order valence-corrected chi connectivity index (χ3v) is 4.76. The van der Waals surface area contributed by atoms with Gasteiger partial charge in [-0.1, -0.05) is 41.1 Å². The fraction of sp³-hybridized carbons (Fsp3) is 0.211. The van der Waals surface area contributed by atoms with Crippen LogP contribution in [0.25, 0.3) is 10.6 Å². The number of anilines is 1. The molecule has 0 aliphatic heterocycles. The summed E-state index contributed by atoms with van der Waals surface area (Å²) >= 11 is 7.44. The summed E-state index contributed by atoms with van der Waals surface area (Å²) in [6.07, 6.45) is 0. The first kappa shape index (κ1) is 19.1. The van der Waals surface area contributed by atoms with Crippen molar-refractivity contribution in [2.24, 2.45) is 0 Å². The fourth-order valence-corrected chi connectivity index (χ4v) is 3.44. The van der Waals surface area contributed by atoms with Gasteiger partial charge in [0.25, 0.3) is 5.91 Å². The van der Waals surface area contributed by atoms with Gasteiger partial charge in [0, 0.05) is 11.1 Å². The van der Waals surface area contributed by atoms with Gasteiger partial charge in [-0.15, -0.1) is 10.2 Å². The first-order valence-corrected chi connectivity index (χ1v) is 9.61. The molecule has 1 heterocycles. The van der Waals surface area contributed by atoms with Crippen LogP contribution in [0.1, 0.15) is 24.2 Å². The topological polar surface area (TPSA) is 73.3 Å². The van der Waals surface area contributed by atoms with Crippen molar-refractivity contribution >= 4 is 34.0 Å². The molecule has 1 amide bonds. The minimum absolute atomic E-state index is 0.305. The number of rotatable bonds is 7. The predicted molar refractivity (Wildman–Crippen MR) is 107 cm³/mol. The van der Waals surface area contributed by atoms with Crippen molar-refractivity contribution < 1.29 is 14.3 Å². The number of halogens is 1. The summed E-state index contributed by atoms with van der Waals surface area (Å²) in [4.78, 5) is 12.6. The highest BCUT2D eigenvalue weighted by Crippen LogP contribution is 2.32. The maximum Gasteiger partial charge on any atom is 0.257 e. The predicted octanol–water partition coefficient (Wildman–Crippen LogP) is 4.91. The molecule has 0 atom stereocenters.